The Morgan fingerprint density at radius 2 is 1.59 bits per heavy atom. The number of allylic oxidation sites excluding steroid dienone is 1. The van der Waals surface area contributed by atoms with Crippen molar-refractivity contribution in [3.8, 4) is 0 Å². The van der Waals surface area contributed by atoms with Gasteiger partial charge in [-0.1, -0.05) is 73.8 Å². The summed E-state index contributed by atoms with van der Waals surface area (Å²) in [5, 5.41) is 17.7. The normalized spacial score (nSPS) is 16.1. The van der Waals surface area contributed by atoms with Crippen LogP contribution in [-0.2, 0) is 5.54 Å². The molecule has 1 saturated heterocycles. The van der Waals surface area contributed by atoms with E-state index in [1.54, 1.807) is 30.3 Å². The predicted octanol–water partition coefficient (Wildman–Crippen LogP) is 7.02. The van der Waals surface area contributed by atoms with Crippen molar-refractivity contribution in [1.29, 1.82) is 0 Å². The summed E-state index contributed by atoms with van der Waals surface area (Å²) in [4.78, 5) is 17.0. The van der Waals surface area contributed by atoms with Crippen molar-refractivity contribution >= 4 is 52.6 Å². The zero-order valence-corrected chi connectivity index (χ0v) is 25.1. The topological polar surface area (TPSA) is 79.2 Å². The van der Waals surface area contributed by atoms with Crippen LogP contribution in [-0.4, -0.2) is 62.2 Å². The summed E-state index contributed by atoms with van der Waals surface area (Å²) >= 11 is 18.4. The Hall–Kier alpha value is -2.65. The molecule has 4 rings (SSSR count). The van der Waals surface area contributed by atoms with Crippen LogP contribution in [0.1, 0.15) is 52.0 Å². The zero-order chi connectivity index (χ0) is 28.4. The number of amides is 2. The van der Waals surface area contributed by atoms with Gasteiger partial charge in [-0.2, -0.15) is 0 Å². The lowest BCUT2D eigenvalue weighted by Crippen LogP contribution is -2.56. The Morgan fingerprint density at radius 3 is 2.21 bits per heavy atom. The molecule has 1 fully saturated rings. The Balaban J connectivity index is 1.49. The van der Waals surface area contributed by atoms with E-state index in [1.165, 1.54) is 0 Å². The van der Waals surface area contributed by atoms with Gasteiger partial charge in [0.2, 0.25) is 0 Å². The van der Waals surface area contributed by atoms with Gasteiger partial charge in [0, 0.05) is 46.9 Å². The van der Waals surface area contributed by atoms with Crippen LogP contribution in [0.2, 0.25) is 15.1 Å². The van der Waals surface area contributed by atoms with Gasteiger partial charge >= 0.3 is 6.03 Å². The largest absolute Gasteiger partial charge is 0.322 e. The first kappa shape index (κ1) is 29.3. The summed E-state index contributed by atoms with van der Waals surface area (Å²) in [6.07, 6.45) is 4.08. The number of aromatic nitrogens is 4. The lowest BCUT2D eigenvalue weighted by molar-refractivity contribution is 0.0537. The van der Waals surface area contributed by atoms with Crippen molar-refractivity contribution in [2.45, 2.75) is 46.2 Å². The van der Waals surface area contributed by atoms with Crippen LogP contribution in [0, 0.1) is 5.41 Å². The van der Waals surface area contributed by atoms with E-state index in [0.717, 1.165) is 11.4 Å². The maximum absolute atomic E-state index is 12.8. The van der Waals surface area contributed by atoms with E-state index in [2.05, 4.69) is 66.4 Å². The molecule has 11 heteroatoms. The minimum atomic E-state index is -0.475. The Morgan fingerprint density at radius 1 is 0.949 bits per heavy atom. The molecule has 1 aromatic heterocycles. The van der Waals surface area contributed by atoms with Gasteiger partial charge in [-0.3, -0.25) is 4.90 Å². The molecule has 1 N–H and O–H groups in total. The summed E-state index contributed by atoms with van der Waals surface area (Å²) in [5.41, 5.74) is 0.927. The number of tetrazole rings is 1. The van der Waals surface area contributed by atoms with E-state index in [9.17, 15) is 4.79 Å². The Bertz CT molecular complexity index is 1320. The fraction of sp³-hybridized carbons (Fsp3) is 0.429. The van der Waals surface area contributed by atoms with Gasteiger partial charge in [0.05, 0.1) is 11.6 Å². The highest BCUT2D eigenvalue weighted by atomic mass is 35.5. The summed E-state index contributed by atoms with van der Waals surface area (Å²) in [6, 6.07) is 12.3. The van der Waals surface area contributed by atoms with Gasteiger partial charge in [-0.25, -0.2) is 9.48 Å². The molecule has 208 valence electrons. The van der Waals surface area contributed by atoms with Crippen molar-refractivity contribution in [3.05, 3.63) is 75.0 Å². The fourth-order valence-electron chi connectivity index (χ4n) is 4.70. The summed E-state index contributed by atoms with van der Waals surface area (Å²) in [7, 11) is 0. The molecule has 0 spiro atoms. The molecule has 0 aliphatic carbocycles. The number of hydrogen-bond donors (Lipinski definition) is 1. The van der Waals surface area contributed by atoms with Crippen LogP contribution >= 0.6 is 34.8 Å². The van der Waals surface area contributed by atoms with Gasteiger partial charge < -0.3 is 10.2 Å². The van der Waals surface area contributed by atoms with Crippen LogP contribution in [0.3, 0.4) is 0 Å². The average molecular weight is 591 g/mol. The maximum Gasteiger partial charge on any atom is 0.321 e. The lowest BCUT2D eigenvalue weighted by Gasteiger charge is -2.43. The number of urea groups is 1. The highest BCUT2D eigenvalue weighted by molar-refractivity contribution is 6.35. The van der Waals surface area contributed by atoms with Crippen LogP contribution in [0.15, 0.2) is 48.5 Å². The van der Waals surface area contributed by atoms with E-state index in [1.807, 2.05) is 27.8 Å². The van der Waals surface area contributed by atoms with E-state index in [4.69, 9.17) is 34.8 Å². The molecule has 1 aliphatic heterocycles. The number of nitrogens with zero attached hydrogens (tertiary/aromatic N) is 6. The molecule has 8 nitrogen and oxygen atoms in total. The molecule has 0 bridgehead atoms. The van der Waals surface area contributed by atoms with Gasteiger partial charge in [0.1, 0.15) is 0 Å². The molecular weight excluding hydrogens is 557 g/mol. The van der Waals surface area contributed by atoms with Crippen molar-refractivity contribution in [3.63, 3.8) is 0 Å². The third kappa shape index (κ3) is 6.92. The smallest absolute Gasteiger partial charge is 0.321 e. The monoisotopic (exact) mass is 589 g/mol. The van der Waals surface area contributed by atoms with Crippen molar-refractivity contribution < 1.29 is 4.79 Å². The molecule has 0 unspecified atom stereocenters. The number of anilines is 1. The van der Waals surface area contributed by atoms with Crippen molar-refractivity contribution in [1.82, 2.24) is 30.0 Å². The average Bonchev–Trinajstić information content (AvgIpc) is 3.36. The third-order valence-corrected chi connectivity index (χ3v) is 7.88. The zero-order valence-electron chi connectivity index (χ0n) is 22.8. The summed E-state index contributed by atoms with van der Waals surface area (Å²) in [6.45, 7) is 13.3. The van der Waals surface area contributed by atoms with E-state index < -0.39 is 5.54 Å². The molecular formula is C28H34Cl3N7O. The fourth-order valence-corrected chi connectivity index (χ4v) is 5.30. The minimum absolute atomic E-state index is 0.126. The molecule has 0 saturated carbocycles. The van der Waals surface area contributed by atoms with Gasteiger partial charge in [0.15, 0.2) is 5.82 Å². The number of benzene rings is 2. The minimum Gasteiger partial charge on any atom is -0.322 e. The first-order valence-corrected chi connectivity index (χ1v) is 14.0. The SMILES string of the molecule is CC(C)(C)[C@H](/C=C/c1ccc(Cl)cc1Cl)n1nnnc1C(C)(C)N1CCN(C(=O)Nc2ccc(Cl)cc2)CC1. The molecule has 2 aromatic carbocycles. The first-order valence-electron chi connectivity index (χ1n) is 12.8. The Labute approximate surface area is 244 Å². The highest BCUT2D eigenvalue weighted by Gasteiger charge is 2.39. The first-order chi connectivity index (χ1) is 18.4. The maximum atomic E-state index is 12.8. The van der Waals surface area contributed by atoms with Crippen LogP contribution < -0.4 is 5.32 Å². The number of nitrogens with one attached hydrogen (secondary N) is 1. The van der Waals surface area contributed by atoms with Crippen molar-refractivity contribution in [2.24, 2.45) is 5.41 Å². The standard InChI is InChI=1S/C28H34Cl3N7O/c1-27(2,3)24(13-7-19-6-8-21(30)18-23(19)31)38-25(33-34-35-38)28(4,5)37-16-14-36(15-17-37)26(39)32-22-11-9-20(29)10-12-22/h6-13,18,24H,14-17H2,1-5H3,(H,32,39)/b13-7+/t24-/m0/s1. The molecule has 3 aromatic rings. The summed E-state index contributed by atoms with van der Waals surface area (Å²) in [5.74, 6) is 0.758. The van der Waals surface area contributed by atoms with Gasteiger partial charge in [-0.15, -0.1) is 5.10 Å². The number of carbonyl (C=O) groups is 1. The highest BCUT2D eigenvalue weighted by Crippen LogP contribution is 2.36. The van der Waals surface area contributed by atoms with Crippen LogP contribution in [0.25, 0.3) is 6.08 Å². The van der Waals surface area contributed by atoms with E-state index in [-0.39, 0.29) is 17.5 Å². The van der Waals surface area contributed by atoms with E-state index >= 15 is 0 Å². The number of rotatable bonds is 6. The van der Waals surface area contributed by atoms with E-state index in [0.29, 0.717) is 46.9 Å². The molecule has 1 aliphatic rings. The molecule has 1 atom stereocenters. The van der Waals surface area contributed by atoms with Gasteiger partial charge in [0.25, 0.3) is 0 Å². The molecule has 2 heterocycles. The quantitative estimate of drug-likeness (QED) is 0.334. The van der Waals surface area contributed by atoms with Crippen LogP contribution in [0.4, 0.5) is 10.5 Å². The predicted molar refractivity (Wildman–Crippen MR) is 158 cm³/mol. The van der Waals surface area contributed by atoms with Gasteiger partial charge in [-0.05, 0) is 71.7 Å². The number of hydrogen-bond acceptors (Lipinski definition) is 5. The molecule has 39 heavy (non-hydrogen) atoms. The molecule has 0 radical (unpaired) electrons. The number of carbonyl (C=O) groups excluding carboxylic acids is 1. The molecule has 2 amide bonds. The lowest BCUT2D eigenvalue weighted by atomic mass is 9.85. The summed E-state index contributed by atoms with van der Waals surface area (Å²) < 4.78 is 1.90. The second-order valence-corrected chi connectivity index (χ2v) is 12.5. The Kier molecular flexibility index (Phi) is 8.91. The third-order valence-electron chi connectivity index (χ3n) is 7.06. The number of halogens is 3. The van der Waals surface area contributed by atoms with Crippen LogP contribution in [0.5, 0.6) is 0 Å². The number of piperazine rings is 1. The second-order valence-electron chi connectivity index (χ2n) is 11.3. The second kappa shape index (κ2) is 11.8. The van der Waals surface area contributed by atoms with Crippen molar-refractivity contribution in [2.75, 3.05) is 31.5 Å².